The van der Waals surface area contributed by atoms with Crippen molar-refractivity contribution in [1.29, 1.82) is 0 Å². The van der Waals surface area contributed by atoms with Crippen LogP contribution in [0.15, 0.2) is 36.4 Å². The van der Waals surface area contributed by atoms with Gasteiger partial charge in [-0.2, -0.15) is 5.10 Å². The minimum atomic E-state index is 0.406. The van der Waals surface area contributed by atoms with Crippen molar-refractivity contribution in [2.45, 2.75) is 46.2 Å². The molecule has 0 saturated carbocycles. The van der Waals surface area contributed by atoms with E-state index in [0.717, 1.165) is 11.4 Å². The molecule has 2 aromatic rings. The predicted molar refractivity (Wildman–Crippen MR) is 84.6 cm³/mol. The molecule has 0 unspecified atom stereocenters. The fourth-order valence-corrected chi connectivity index (χ4v) is 1.97. The van der Waals surface area contributed by atoms with Crippen molar-refractivity contribution in [2.75, 3.05) is 0 Å². The van der Waals surface area contributed by atoms with Crippen molar-refractivity contribution in [3.05, 3.63) is 47.7 Å². The molecular weight excluding hydrogens is 262 g/mol. The molecule has 0 aliphatic rings. The summed E-state index contributed by atoms with van der Waals surface area (Å²) >= 11 is 0. The van der Waals surface area contributed by atoms with Gasteiger partial charge in [0.05, 0.1) is 5.69 Å². The minimum absolute atomic E-state index is 0.406. The molecule has 0 amide bonds. The lowest BCUT2D eigenvalue weighted by molar-refractivity contribution is 0.444. The van der Waals surface area contributed by atoms with Gasteiger partial charge >= 0.3 is 0 Å². The second kappa shape index (κ2) is 7.18. The Morgan fingerprint density at radius 2 is 1.76 bits per heavy atom. The molecule has 4 nitrogen and oxygen atoms in total. The highest BCUT2D eigenvalue weighted by Crippen LogP contribution is 2.29. The summed E-state index contributed by atoms with van der Waals surface area (Å²) in [6, 6.07) is 12.3. The number of hydrogen-bond donors (Lipinski definition) is 1. The number of aromatic nitrogens is 2. The monoisotopic (exact) mass is 285 g/mol. The summed E-state index contributed by atoms with van der Waals surface area (Å²) in [6.07, 6.45) is 0. The van der Waals surface area contributed by atoms with E-state index in [4.69, 9.17) is 4.74 Å². The second-order valence-corrected chi connectivity index (χ2v) is 5.69. The molecule has 21 heavy (non-hydrogen) atoms. The molecule has 0 atom stereocenters. The van der Waals surface area contributed by atoms with Crippen LogP contribution in [0.25, 0.3) is 0 Å². The molecule has 0 fully saturated rings. The van der Waals surface area contributed by atoms with Gasteiger partial charge in [-0.15, -0.1) is 5.10 Å². The second-order valence-electron chi connectivity index (χ2n) is 5.69. The first kappa shape index (κ1) is 15.4. The molecule has 4 heteroatoms. The summed E-state index contributed by atoms with van der Waals surface area (Å²) < 4.78 is 5.86. The van der Waals surface area contributed by atoms with E-state index in [1.807, 2.05) is 30.3 Å². The molecular formula is C17H23N3O. The number of para-hydroxylation sites is 1. The number of nitrogens with one attached hydrogen (secondary N) is 1. The molecule has 0 spiro atoms. The topological polar surface area (TPSA) is 47.0 Å². The van der Waals surface area contributed by atoms with Gasteiger partial charge in [-0.1, -0.05) is 45.9 Å². The fourth-order valence-electron chi connectivity index (χ4n) is 1.97. The number of ether oxygens (including phenoxy) is 1. The molecule has 2 rings (SSSR count). The van der Waals surface area contributed by atoms with Crippen LogP contribution in [0.5, 0.6) is 11.6 Å². The van der Waals surface area contributed by atoms with Crippen molar-refractivity contribution in [1.82, 2.24) is 15.5 Å². The quantitative estimate of drug-likeness (QED) is 0.874. The lowest BCUT2D eigenvalue weighted by Gasteiger charge is -2.12. The number of rotatable bonds is 6. The van der Waals surface area contributed by atoms with E-state index in [9.17, 15) is 0 Å². The Kier molecular flexibility index (Phi) is 5.28. The maximum atomic E-state index is 5.86. The standard InChI is InChI=1S/C17H23N3O/c1-12(2)15-7-5-6-8-16(15)21-17-10-9-14(19-20-17)11-18-13(3)4/h5-10,12-13,18H,11H2,1-4H3. The van der Waals surface area contributed by atoms with E-state index in [1.54, 1.807) is 0 Å². The normalized spacial score (nSPS) is 11.1. The highest BCUT2D eigenvalue weighted by molar-refractivity contribution is 5.37. The maximum absolute atomic E-state index is 5.86. The Labute approximate surface area is 126 Å². The summed E-state index contributed by atoms with van der Waals surface area (Å²) in [4.78, 5) is 0. The molecule has 0 aliphatic heterocycles. The molecule has 0 aliphatic carbocycles. The summed E-state index contributed by atoms with van der Waals surface area (Å²) in [7, 11) is 0. The summed E-state index contributed by atoms with van der Waals surface area (Å²) in [5.74, 6) is 1.77. The summed E-state index contributed by atoms with van der Waals surface area (Å²) in [5.41, 5.74) is 2.08. The number of benzene rings is 1. The number of hydrogen-bond acceptors (Lipinski definition) is 4. The Bertz CT molecular complexity index is 565. The van der Waals surface area contributed by atoms with E-state index in [1.165, 1.54) is 5.56 Å². The van der Waals surface area contributed by atoms with Crippen molar-refractivity contribution in [3.63, 3.8) is 0 Å². The van der Waals surface area contributed by atoms with Gasteiger partial charge in [0.1, 0.15) is 5.75 Å². The predicted octanol–water partition coefficient (Wildman–Crippen LogP) is 3.89. The zero-order valence-electron chi connectivity index (χ0n) is 13.1. The first-order valence-electron chi connectivity index (χ1n) is 7.39. The van der Waals surface area contributed by atoms with Crippen LogP contribution in [0.4, 0.5) is 0 Å². The van der Waals surface area contributed by atoms with Crippen LogP contribution < -0.4 is 10.1 Å². The summed E-state index contributed by atoms with van der Waals surface area (Å²) in [5, 5.41) is 11.6. The van der Waals surface area contributed by atoms with Crippen LogP contribution in [0.1, 0.15) is 44.9 Å². The van der Waals surface area contributed by atoms with Gasteiger partial charge < -0.3 is 10.1 Å². The molecule has 1 aromatic carbocycles. The first-order valence-corrected chi connectivity index (χ1v) is 7.39. The Morgan fingerprint density at radius 3 is 2.38 bits per heavy atom. The molecule has 1 aromatic heterocycles. The van der Waals surface area contributed by atoms with Crippen molar-refractivity contribution < 1.29 is 4.74 Å². The summed E-state index contributed by atoms with van der Waals surface area (Å²) in [6.45, 7) is 9.22. The van der Waals surface area contributed by atoms with Crippen LogP contribution in [-0.4, -0.2) is 16.2 Å². The van der Waals surface area contributed by atoms with Gasteiger partial charge in [0.15, 0.2) is 0 Å². The van der Waals surface area contributed by atoms with Crippen LogP contribution >= 0.6 is 0 Å². The van der Waals surface area contributed by atoms with E-state index < -0.39 is 0 Å². The maximum Gasteiger partial charge on any atom is 0.238 e. The molecule has 0 radical (unpaired) electrons. The molecule has 1 N–H and O–H groups in total. The van der Waals surface area contributed by atoms with Crippen molar-refractivity contribution in [3.8, 4) is 11.6 Å². The SMILES string of the molecule is CC(C)NCc1ccc(Oc2ccccc2C(C)C)nn1. The third kappa shape index (κ3) is 4.53. The van der Waals surface area contributed by atoms with Gasteiger partial charge in [0.25, 0.3) is 0 Å². The Balaban J connectivity index is 2.07. The van der Waals surface area contributed by atoms with Gasteiger partial charge in [0, 0.05) is 18.7 Å². The average molecular weight is 285 g/mol. The van der Waals surface area contributed by atoms with Crippen LogP contribution in [0.3, 0.4) is 0 Å². The largest absolute Gasteiger partial charge is 0.437 e. The van der Waals surface area contributed by atoms with Crippen molar-refractivity contribution >= 4 is 0 Å². The Hall–Kier alpha value is -1.94. The number of nitrogens with zero attached hydrogens (tertiary/aromatic N) is 2. The van der Waals surface area contributed by atoms with Gasteiger partial charge in [-0.05, 0) is 23.6 Å². The first-order chi connectivity index (χ1) is 10.1. The molecule has 0 saturated heterocycles. The van der Waals surface area contributed by atoms with Gasteiger partial charge in [-0.25, -0.2) is 0 Å². The van der Waals surface area contributed by atoms with Gasteiger partial charge in [0.2, 0.25) is 5.88 Å². The third-order valence-corrected chi connectivity index (χ3v) is 3.14. The lowest BCUT2D eigenvalue weighted by atomic mass is 10.0. The van der Waals surface area contributed by atoms with E-state index in [-0.39, 0.29) is 0 Å². The minimum Gasteiger partial charge on any atom is -0.437 e. The molecule has 112 valence electrons. The fraction of sp³-hybridized carbons (Fsp3) is 0.412. The zero-order valence-corrected chi connectivity index (χ0v) is 13.1. The zero-order chi connectivity index (χ0) is 15.2. The Morgan fingerprint density at radius 1 is 1.00 bits per heavy atom. The van der Waals surface area contributed by atoms with E-state index in [0.29, 0.717) is 24.4 Å². The van der Waals surface area contributed by atoms with Gasteiger partial charge in [-0.3, -0.25) is 0 Å². The van der Waals surface area contributed by atoms with Crippen LogP contribution in [0, 0.1) is 0 Å². The van der Waals surface area contributed by atoms with E-state index in [2.05, 4.69) is 49.3 Å². The highest BCUT2D eigenvalue weighted by Gasteiger charge is 2.08. The van der Waals surface area contributed by atoms with Crippen molar-refractivity contribution in [2.24, 2.45) is 0 Å². The van der Waals surface area contributed by atoms with Crippen LogP contribution in [0.2, 0.25) is 0 Å². The molecule has 1 heterocycles. The third-order valence-electron chi connectivity index (χ3n) is 3.14. The highest BCUT2D eigenvalue weighted by atomic mass is 16.5. The smallest absolute Gasteiger partial charge is 0.238 e. The lowest BCUT2D eigenvalue weighted by Crippen LogP contribution is -2.22. The average Bonchev–Trinajstić information content (AvgIpc) is 2.47. The van der Waals surface area contributed by atoms with E-state index >= 15 is 0 Å². The van der Waals surface area contributed by atoms with Crippen LogP contribution in [-0.2, 0) is 6.54 Å². The molecule has 0 bridgehead atoms.